The fourth-order valence-corrected chi connectivity index (χ4v) is 7.56. The number of rotatable bonds is 46. The zero-order chi connectivity index (χ0) is 41.7. The lowest BCUT2D eigenvalue weighted by Gasteiger charge is -2.28. The van der Waals surface area contributed by atoms with Gasteiger partial charge in [-0.1, -0.05) is 200 Å². The second kappa shape index (κ2) is 45.4. The van der Waals surface area contributed by atoms with Crippen LogP contribution in [-0.4, -0.2) is 79.9 Å². The van der Waals surface area contributed by atoms with Gasteiger partial charge in [-0.25, -0.2) is 0 Å². The maximum atomic E-state index is 13.6. The largest absolute Gasteiger partial charge is 0.464 e. The van der Waals surface area contributed by atoms with Crippen molar-refractivity contribution in [3.05, 3.63) is 0 Å². The number of carbonyl (C=O) groups excluding carboxylic acids is 3. The predicted octanol–water partition coefficient (Wildman–Crippen LogP) is 11.5. The van der Waals surface area contributed by atoms with E-state index < -0.39 is 6.04 Å². The van der Waals surface area contributed by atoms with Crippen LogP contribution in [0.3, 0.4) is 0 Å². The molecule has 0 saturated carbocycles. The summed E-state index contributed by atoms with van der Waals surface area (Å²) in [5, 5.41) is 12.6. The molecular weight excluding hydrogens is 715 g/mol. The minimum absolute atomic E-state index is 0.0749. The molecule has 0 aliphatic rings. The molecule has 0 aromatic carbocycles. The van der Waals surface area contributed by atoms with Crippen molar-refractivity contribution >= 4 is 17.8 Å². The van der Waals surface area contributed by atoms with Crippen LogP contribution < -0.4 is 11.1 Å². The Morgan fingerprint density at radius 3 is 1.16 bits per heavy atom. The van der Waals surface area contributed by atoms with Crippen LogP contribution >= 0.6 is 0 Å². The maximum absolute atomic E-state index is 13.6. The fraction of sp³-hybridized carbons (Fsp3) is 0.938. The van der Waals surface area contributed by atoms with Gasteiger partial charge in [-0.05, 0) is 32.2 Å². The number of unbranched alkanes of at least 4 members (excludes halogenated alkanes) is 29. The number of hydrogen-bond donors (Lipinski definition) is 3. The molecule has 0 saturated heterocycles. The lowest BCUT2D eigenvalue weighted by Crippen LogP contribution is -2.49. The molecule has 9 nitrogen and oxygen atoms in total. The molecule has 0 aromatic heterocycles. The van der Waals surface area contributed by atoms with Gasteiger partial charge in [0.25, 0.3) is 0 Å². The summed E-state index contributed by atoms with van der Waals surface area (Å²) in [5.74, 6) is -0.604. The number of hydrogen-bond acceptors (Lipinski definition) is 8. The van der Waals surface area contributed by atoms with Crippen LogP contribution in [0.2, 0.25) is 0 Å². The first-order valence-corrected chi connectivity index (χ1v) is 24.6. The van der Waals surface area contributed by atoms with Crippen LogP contribution in [-0.2, 0) is 23.9 Å². The molecular formula is C48H95N3O6. The van der Waals surface area contributed by atoms with E-state index in [1.807, 2.05) is 0 Å². The monoisotopic (exact) mass is 810 g/mol. The average Bonchev–Trinajstić information content (AvgIpc) is 3.21. The standard InChI is InChI=1S/C48H95N3O6/c1-3-5-7-9-11-13-15-17-19-21-23-25-27-29-31-36-46(53)56-43-40-51(48(55)45(50-39-42-52)35-33-34-38-49)41-44-57-47(54)37-32-30-28-26-24-22-20-18-16-14-12-10-8-6-4-2/h45,50,52H,3-44,49H2,1-2H3. The summed E-state index contributed by atoms with van der Waals surface area (Å²) in [5.41, 5.74) is 5.69. The molecule has 4 N–H and O–H groups in total. The minimum Gasteiger partial charge on any atom is -0.464 e. The van der Waals surface area contributed by atoms with E-state index in [4.69, 9.17) is 15.2 Å². The number of aliphatic hydroxyl groups excluding tert-OH is 1. The number of nitrogens with one attached hydrogen (secondary N) is 1. The van der Waals surface area contributed by atoms with Crippen molar-refractivity contribution in [2.24, 2.45) is 5.73 Å². The summed E-state index contributed by atoms with van der Waals surface area (Å²) in [7, 11) is 0. The molecule has 0 rings (SSSR count). The molecule has 1 amide bonds. The summed E-state index contributed by atoms with van der Waals surface area (Å²) in [6, 6.07) is -0.490. The normalized spacial score (nSPS) is 11.9. The summed E-state index contributed by atoms with van der Waals surface area (Å²) in [4.78, 5) is 40.3. The molecule has 338 valence electrons. The van der Waals surface area contributed by atoms with E-state index in [-0.39, 0.29) is 50.8 Å². The van der Waals surface area contributed by atoms with E-state index in [1.165, 1.54) is 154 Å². The number of nitrogens with two attached hydrogens (primary N) is 1. The Hall–Kier alpha value is -1.71. The highest BCUT2D eigenvalue weighted by Crippen LogP contribution is 2.16. The highest BCUT2D eigenvalue weighted by molar-refractivity contribution is 5.82. The minimum atomic E-state index is -0.490. The molecule has 1 unspecified atom stereocenters. The predicted molar refractivity (Wildman–Crippen MR) is 239 cm³/mol. The molecule has 9 heteroatoms. The van der Waals surface area contributed by atoms with Gasteiger partial charge in [-0.2, -0.15) is 0 Å². The molecule has 1 atom stereocenters. The van der Waals surface area contributed by atoms with Crippen LogP contribution in [0.25, 0.3) is 0 Å². The van der Waals surface area contributed by atoms with Crippen molar-refractivity contribution in [3.63, 3.8) is 0 Å². The van der Waals surface area contributed by atoms with Crippen molar-refractivity contribution in [2.75, 3.05) is 46.0 Å². The molecule has 0 spiro atoms. The number of amides is 1. The van der Waals surface area contributed by atoms with E-state index in [0.29, 0.717) is 32.4 Å². The van der Waals surface area contributed by atoms with Crippen LogP contribution in [0.5, 0.6) is 0 Å². The summed E-state index contributed by atoms with van der Waals surface area (Å²) in [6.45, 7) is 5.98. The Morgan fingerprint density at radius 1 is 0.509 bits per heavy atom. The molecule has 0 radical (unpaired) electrons. The van der Waals surface area contributed by atoms with Gasteiger partial charge in [-0.15, -0.1) is 0 Å². The average molecular weight is 810 g/mol. The first-order chi connectivity index (χ1) is 28.0. The zero-order valence-electron chi connectivity index (χ0n) is 37.8. The lowest BCUT2D eigenvalue weighted by molar-refractivity contribution is -0.148. The van der Waals surface area contributed by atoms with Crippen molar-refractivity contribution in [1.29, 1.82) is 0 Å². The van der Waals surface area contributed by atoms with E-state index in [9.17, 15) is 19.5 Å². The Kier molecular flexibility index (Phi) is 44.0. The van der Waals surface area contributed by atoms with Gasteiger partial charge in [0.15, 0.2) is 0 Å². The number of nitrogens with zero attached hydrogens (tertiary/aromatic N) is 1. The van der Waals surface area contributed by atoms with Gasteiger partial charge >= 0.3 is 11.9 Å². The molecule has 0 bridgehead atoms. The number of ether oxygens (including phenoxy) is 2. The van der Waals surface area contributed by atoms with Gasteiger partial charge in [0.1, 0.15) is 13.2 Å². The third-order valence-corrected chi connectivity index (χ3v) is 11.3. The van der Waals surface area contributed by atoms with Gasteiger partial charge in [-0.3, -0.25) is 14.4 Å². The van der Waals surface area contributed by atoms with Gasteiger partial charge in [0, 0.05) is 19.4 Å². The second-order valence-electron chi connectivity index (χ2n) is 16.7. The van der Waals surface area contributed by atoms with E-state index >= 15 is 0 Å². The third kappa shape index (κ3) is 39.5. The topological polar surface area (TPSA) is 131 Å². The number of aliphatic hydroxyl groups is 1. The molecule has 0 aliphatic carbocycles. The smallest absolute Gasteiger partial charge is 0.305 e. The highest BCUT2D eigenvalue weighted by atomic mass is 16.5. The van der Waals surface area contributed by atoms with E-state index in [2.05, 4.69) is 19.2 Å². The Balaban J connectivity index is 4.34. The van der Waals surface area contributed by atoms with Crippen molar-refractivity contribution < 1.29 is 29.0 Å². The van der Waals surface area contributed by atoms with Crippen LogP contribution in [0, 0.1) is 0 Å². The maximum Gasteiger partial charge on any atom is 0.305 e. The van der Waals surface area contributed by atoms with Crippen molar-refractivity contribution in [1.82, 2.24) is 10.2 Å². The quantitative estimate of drug-likeness (QED) is 0.0409. The van der Waals surface area contributed by atoms with Crippen molar-refractivity contribution in [3.8, 4) is 0 Å². The Labute approximate surface area is 352 Å². The van der Waals surface area contributed by atoms with E-state index in [0.717, 1.165) is 51.4 Å². The zero-order valence-corrected chi connectivity index (χ0v) is 37.8. The van der Waals surface area contributed by atoms with Crippen molar-refractivity contribution in [2.45, 2.75) is 245 Å². The molecule has 0 heterocycles. The van der Waals surface area contributed by atoms with Gasteiger partial charge < -0.3 is 30.5 Å². The number of esters is 2. The van der Waals surface area contributed by atoms with Gasteiger partial charge in [0.05, 0.1) is 25.7 Å². The molecule has 0 fully saturated rings. The first kappa shape index (κ1) is 55.3. The summed E-state index contributed by atoms with van der Waals surface area (Å²) < 4.78 is 11.1. The van der Waals surface area contributed by atoms with Crippen LogP contribution in [0.4, 0.5) is 0 Å². The Morgan fingerprint density at radius 2 is 0.842 bits per heavy atom. The highest BCUT2D eigenvalue weighted by Gasteiger charge is 2.24. The third-order valence-electron chi connectivity index (χ3n) is 11.3. The van der Waals surface area contributed by atoms with E-state index in [1.54, 1.807) is 4.90 Å². The molecule has 0 aliphatic heterocycles. The number of carbonyl (C=O) groups is 3. The van der Waals surface area contributed by atoms with Crippen LogP contribution in [0.15, 0.2) is 0 Å². The molecule has 57 heavy (non-hydrogen) atoms. The van der Waals surface area contributed by atoms with Gasteiger partial charge in [0.2, 0.25) is 5.91 Å². The van der Waals surface area contributed by atoms with Crippen LogP contribution in [0.1, 0.15) is 239 Å². The Bertz CT molecular complexity index is 823. The SMILES string of the molecule is CCCCCCCCCCCCCCCCCC(=O)OCCN(CCOC(=O)CCCCCCCCCCCCCCCCC)C(=O)C(CCCCN)NCCO. The first-order valence-electron chi connectivity index (χ1n) is 24.6. The summed E-state index contributed by atoms with van der Waals surface area (Å²) >= 11 is 0. The molecule has 0 aromatic rings. The summed E-state index contributed by atoms with van der Waals surface area (Å²) in [6.07, 6.45) is 41.3. The fourth-order valence-electron chi connectivity index (χ4n) is 7.56. The second-order valence-corrected chi connectivity index (χ2v) is 16.7. The lowest BCUT2D eigenvalue weighted by atomic mass is 10.0.